The van der Waals surface area contributed by atoms with Crippen LogP contribution in [-0.2, 0) is 4.79 Å². The van der Waals surface area contributed by atoms with Crippen molar-refractivity contribution in [2.24, 2.45) is 17.4 Å². The molecule has 0 aromatic rings. The summed E-state index contributed by atoms with van der Waals surface area (Å²) < 4.78 is 0. The molecular formula is C10H21N3O. The second-order valence-corrected chi connectivity index (χ2v) is 4.04. The monoisotopic (exact) mass is 199 g/mol. The van der Waals surface area contributed by atoms with Crippen molar-refractivity contribution < 1.29 is 4.79 Å². The van der Waals surface area contributed by atoms with Gasteiger partial charge >= 0.3 is 0 Å². The summed E-state index contributed by atoms with van der Waals surface area (Å²) in [5, 5.41) is 0. The summed E-state index contributed by atoms with van der Waals surface area (Å²) in [7, 11) is 0. The van der Waals surface area contributed by atoms with E-state index in [9.17, 15) is 4.79 Å². The largest absolute Gasteiger partial charge is 0.369 e. The third kappa shape index (κ3) is 3.64. The number of rotatable bonds is 5. The van der Waals surface area contributed by atoms with Gasteiger partial charge in [-0.1, -0.05) is 0 Å². The topological polar surface area (TPSA) is 72.3 Å². The lowest BCUT2D eigenvalue weighted by Gasteiger charge is -2.30. The van der Waals surface area contributed by atoms with Crippen molar-refractivity contribution in [3.05, 3.63) is 0 Å². The maximum absolute atomic E-state index is 11.0. The van der Waals surface area contributed by atoms with Gasteiger partial charge in [-0.15, -0.1) is 0 Å². The van der Waals surface area contributed by atoms with E-state index in [1.165, 1.54) is 0 Å². The number of hydrogen-bond donors (Lipinski definition) is 2. The molecule has 1 unspecified atom stereocenters. The molecule has 0 spiro atoms. The van der Waals surface area contributed by atoms with Crippen LogP contribution in [0.1, 0.15) is 25.7 Å². The highest BCUT2D eigenvalue weighted by molar-refractivity contribution is 5.76. The summed E-state index contributed by atoms with van der Waals surface area (Å²) in [6.07, 6.45) is 4.25. The molecule has 1 rings (SSSR count). The van der Waals surface area contributed by atoms with Gasteiger partial charge in [0.25, 0.3) is 0 Å². The molecule has 0 bridgehead atoms. The van der Waals surface area contributed by atoms with Gasteiger partial charge in [0.05, 0.1) is 5.92 Å². The van der Waals surface area contributed by atoms with E-state index in [-0.39, 0.29) is 11.8 Å². The van der Waals surface area contributed by atoms with Crippen LogP contribution in [0.3, 0.4) is 0 Å². The van der Waals surface area contributed by atoms with Crippen molar-refractivity contribution in [3.8, 4) is 0 Å². The molecule has 4 heteroatoms. The smallest absolute Gasteiger partial charge is 0.221 e. The number of nitrogens with two attached hydrogens (primary N) is 2. The van der Waals surface area contributed by atoms with E-state index in [0.29, 0.717) is 0 Å². The average molecular weight is 199 g/mol. The van der Waals surface area contributed by atoms with Crippen LogP contribution in [0, 0.1) is 5.92 Å². The standard InChI is InChI=1S/C10H21N3O/c11-5-1-2-6-13-7-3-4-9(8-13)10(12)14/h9H,1-8,11H2,(H2,12,14). The first-order valence-electron chi connectivity index (χ1n) is 5.45. The fraction of sp³-hybridized carbons (Fsp3) is 0.900. The number of nitrogens with zero attached hydrogens (tertiary/aromatic N) is 1. The fourth-order valence-electron chi connectivity index (χ4n) is 1.97. The van der Waals surface area contributed by atoms with Crippen molar-refractivity contribution in [2.45, 2.75) is 25.7 Å². The molecule has 1 amide bonds. The summed E-state index contributed by atoms with van der Waals surface area (Å²) in [5.41, 5.74) is 10.7. The number of carbonyl (C=O) groups is 1. The highest BCUT2D eigenvalue weighted by Crippen LogP contribution is 2.16. The predicted molar refractivity (Wildman–Crippen MR) is 56.6 cm³/mol. The second-order valence-electron chi connectivity index (χ2n) is 4.04. The maximum Gasteiger partial charge on any atom is 0.221 e. The highest BCUT2D eigenvalue weighted by atomic mass is 16.1. The summed E-state index contributed by atoms with van der Waals surface area (Å²) in [6.45, 7) is 3.77. The zero-order valence-electron chi connectivity index (χ0n) is 8.74. The Hall–Kier alpha value is -0.610. The highest BCUT2D eigenvalue weighted by Gasteiger charge is 2.23. The molecule has 14 heavy (non-hydrogen) atoms. The molecule has 4 N–H and O–H groups in total. The van der Waals surface area contributed by atoms with Crippen LogP contribution in [0.4, 0.5) is 0 Å². The van der Waals surface area contributed by atoms with E-state index in [2.05, 4.69) is 4.90 Å². The maximum atomic E-state index is 11.0. The number of hydrogen-bond acceptors (Lipinski definition) is 3. The number of primary amides is 1. The quantitative estimate of drug-likeness (QED) is 0.608. The molecule has 0 aromatic carbocycles. The van der Waals surface area contributed by atoms with Gasteiger partial charge in [-0.05, 0) is 45.3 Å². The minimum absolute atomic E-state index is 0.0710. The van der Waals surface area contributed by atoms with Crippen molar-refractivity contribution in [1.82, 2.24) is 4.90 Å². The van der Waals surface area contributed by atoms with Crippen molar-refractivity contribution >= 4 is 5.91 Å². The first kappa shape index (κ1) is 11.5. The number of carbonyl (C=O) groups excluding carboxylic acids is 1. The average Bonchev–Trinajstić information content (AvgIpc) is 2.19. The molecule has 1 aliphatic heterocycles. The Balaban J connectivity index is 2.22. The SMILES string of the molecule is NCCCCN1CCCC(C(N)=O)C1. The molecule has 82 valence electrons. The van der Waals surface area contributed by atoms with Crippen LogP contribution in [-0.4, -0.2) is 37.0 Å². The van der Waals surface area contributed by atoms with Gasteiger partial charge in [-0.25, -0.2) is 0 Å². The normalized spacial score (nSPS) is 23.6. The Morgan fingerprint density at radius 1 is 1.43 bits per heavy atom. The van der Waals surface area contributed by atoms with Crippen molar-refractivity contribution in [1.29, 1.82) is 0 Å². The van der Waals surface area contributed by atoms with E-state index < -0.39 is 0 Å². The minimum atomic E-state index is -0.145. The number of piperidine rings is 1. The Labute approximate surface area is 85.6 Å². The van der Waals surface area contributed by atoms with E-state index in [4.69, 9.17) is 11.5 Å². The lowest BCUT2D eigenvalue weighted by atomic mass is 9.97. The Kier molecular flexibility index (Phi) is 4.90. The minimum Gasteiger partial charge on any atom is -0.369 e. The van der Waals surface area contributed by atoms with Crippen LogP contribution >= 0.6 is 0 Å². The third-order valence-corrected chi connectivity index (χ3v) is 2.84. The first-order valence-corrected chi connectivity index (χ1v) is 5.45. The van der Waals surface area contributed by atoms with Gasteiger partial charge in [0.2, 0.25) is 5.91 Å². The van der Waals surface area contributed by atoms with E-state index in [1.807, 2.05) is 0 Å². The van der Waals surface area contributed by atoms with Gasteiger partial charge in [0.1, 0.15) is 0 Å². The van der Waals surface area contributed by atoms with Crippen molar-refractivity contribution in [2.75, 3.05) is 26.2 Å². The first-order chi connectivity index (χ1) is 6.74. The molecule has 1 saturated heterocycles. The van der Waals surface area contributed by atoms with E-state index >= 15 is 0 Å². The number of likely N-dealkylation sites (tertiary alicyclic amines) is 1. The van der Waals surface area contributed by atoms with Gasteiger partial charge in [0.15, 0.2) is 0 Å². The molecular weight excluding hydrogens is 178 g/mol. The summed E-state index contributed by atoms with van der Waals surface area (Å²) in [4.78, 5) is 13.3. The van der Waals surface area contributed by atoms with Crippen LogP contribution in [0.2, 0.25) is 0 Å². The summed E-state index contributed by atoms with van der Waals surface area (Å²) >= 11 is 0. The zero-order valence-corrected chi connectivity index (χ0v) is 8.74. The third-order valence-electron chi connectivity index (χ3n) is 2.84. The molecule has 1 atom stereocenters. The Morgan fingerprint density at radius 3 is 2.86 bits per heavy atom. The van der Waals surface area contributed by atoms with Gasteiger partial charge in [-0.3, -0.25) is 4.79 Å². The fourth-order valence-corrected chi connectivity index (χ4v) is 1.97. The molecule has 1 heterocycles. The van der Waals surface area contributed by atoms with Crippen LogP contribution in [0.5, 0.6) is 0 Å². The Morgan fingerprint density at radius 2 is 2.21 bits per heavy atom. The lowest BCUT2D eigenvalue weighted by Crippen LogP contribution is -2.41. The second kappa shape index (κ2) is 5.98. The Bertz CT molecular complexity index is 184. The molecule has 1 fully saturated rings. The molecule has 4 nitrogen and oxygen atoms in total. The predicted octanol–water partition coefficient (Wildman–Crippen LogP) is -0.0774. The van der Waals surface area contributed by atoms with Crippen LogP contribution in [0.25, 0.3) is 0 Å². The molecule has 1 aliphatic rings. The van der Waals surface area contributed by atoms with E-state index in [1.54, 1.807) is 0 Å². The lowest BCUT2D eigenvalue weighted by molar-refractivity contribution is -0.123. The van der Waals surface area contributed by atoms with Gasteiger partial charge < -0.3 is 16.4 Å². The van der Waals surface area contributed by atoms with Gasteiger partial charge in [-0.2, -0.15) is 0 Å². The molecule has 0 radical (unpaired) electrons. The number of unbranched alkanes of at least 4 members (excludes halogenated alkanes) is 1. The van der Waals surface area contributed by atoms with Crippen LogP contribution < -0.4 is 11.5 Å². The van der Waals surface area contributed by atoms with Crippen molar-refractivity contribution in [3.63, 3.8) is 0 Å². The summed E-state index contributed by atoms with van der Waals surface area (Å²) in [5.74, 6) is -0.0739. The molecule has 0 aliphatic carbocycles. The summed E-state index contributed by atoms with van der Waals surface area (Å²) in [6, 6.07) is 0. The number of amides is 1. The molecule has 0 aromatic heterocycles. The zero-order chi connectivity index (χ0) is 10.4. The van der Waals surface area contributed by atoms with E-state index in [0.717, 1.165) is 51.9 Å². The van der Waals surface area contributed by atoms with Gasteiger partial charge in [0, 0.05) is 6.54 Å². The molecule has 0 saturated carbocycles. The van der Waals surface area contributed by atoms with Crippen LogP contribution in [0.15, 0.2) is 0 Å².